The van der Waals surface area contributed by atoms with Crippen molar-refractivity contribution in [3.63, 3.8) is 0 Å². The highest BCUT2D eigenvalue weighted by Gasteiger charge is 2.40. The molecule has 19 heavy (non-hydrogen) atoms. The fourth-order valence-electron chi connectivity index (χ4n) is 3.05. The Kier molecular flexibility index (Phi) is 3.14. The quantitative estimate of drug-likeness (QED) is 0.863. The van der Waals surface area contributed by atoms with Crippen LogP contribution in [0.3, 0.4) is 0 Å². The molecule has 0 aromatic carbocycles. The van der Waals surface area contributed by atoms with Gasteiger partial charge in [0.2, 0.25) is 0 Å². The number of carbonyl (C=O) groups excluding carboxylic acids is 1. The number of likely N-dealkylation sites (tertiary alicyclic amines) is 1. The Bertz CT molecular complexity index is 549. The fraction of sp³-hybridized carbons (Fsp3) is 0.429. The number of carbonyl (C=O) groups is 2. The number of piperidine rings is 1. The summed E-state index contributed by atoms with van der Waals surface area (Å²) in [7, 11) is 0. The maximum atomic E-state index is 12.4. The smallest absolute Gasteiger partial charge is 0.328 e. The predicted octanol–water partition coefficient (Wildman–Crippen LogP) is 2.47. The summed E-state index contributed by atoms with van der Waals surface area (Å²) in [5.74, 6) is -0.185. The molecule has 2 fully saturated rings. The van der Waals surface area contributed by atoms with Gasteiger partial charge in [-0.05, 0) is 37.3 Å². The number of hydrogen-bond donors (Lipinski definition) is 1. The molecule has 2 atom stereocenters. The van der Waals surface area contributed by atoms with Gasteiger partial charge in [-0.25, -0.2) is 4.79 Å². The highest BCUT2D eigenvalue weighted by molar-refractivity contribution is 7.11. The van der Waals surface area contributed by atoms with Crippen molar-refractivity contribution in [3.8, 4) is 0 Å². The van der Waals surface area contributed by atoms with Gasteiger partial charge in [-0.3, -0.25) is 4.79 Å². The van der Waals surface area contributed by atoms with Gasteiger partial charge in [0, 0.05) is 28.9 Å². The molecule has 1 aromatic rings. The first kappa shape index (κ1) is 12.4. The minimum absolute atomic E-state index is 0.0958. The van der Waals surface area contributed by atoms with Crippen LogP contribution >= 0.6 is 11.3 Å². The highest BCUT2D eigenvalue weighted by atomic mass is 32.1. The first-order valence-corrected chi connectivity index (χ1v) is 7.32. The third-order valence-corrected chi connectivity index (χ3v) is 4.82. The van der Waals surface area contributed by atoms with Crippen molar-refractivity contribution >= 4 is 29.3 Å². The summed E-state index contributed by atoms with van der Waals surface area (Å²) in [6.45, 7) is 0.889. The van der Waals surface area contributed by atoms with Crippen molar-refractivity contribution in [1.82, 2.24) is 4.90 Å². The molecule has 1 N–H and O–H groups in total. The molecule has 100 valence electrons. The summed E-state index contributed by atoms with van der Waals surface area (Å²) in [5, 5.41) is 10.4. The van der Waals surface area contributed by atoms with Crippen molar-refractivity contribution in [2.45, 2.75) is 25.3 Å². The van der Waals surface area contributed by atoms with Crippen LogP contribution in [-0.4, -0.2) is 34.5 Å². The molecule has 1 saturated heterocycles. The molecule has 1 saturated carbocycles. The van der Waals surface area contributed by atoms with E-state index in [1.54, 1.807) is 6.07 Å². The van der Waals surface area contributed by atoms with Crippen LogP contribution in [0.5, 0.6) is 0 Å². The second-order valence-corrected chi connectivity index (χ2v) is 6.14. The third kappa shape index (κ3) is 2.42. The first-order valence-electron chi connectivity index (χ1n) is 6.44. The highest BCUT2D eigenvalue weighted by Crippen LogP contribution is 2.38. The molecule has 4 nitrogen and oxygen atoms in total. The van der Waals surface area contributed by atoms with Crippen LogP contribution in [0.2, 0.25) is 0 Å². The summed E-state index contributed by atoms with van der Waals surface area (Å²) in [6.07, 6.45) is 6.16. The van der Waals surface area contributed by atoms with Gasteiger partial charge >= 0.3 is 5.97 Å². The molecule has 1 amide bonds. The Balaban J connectivity index is 1.72. The van der Waals surface area contributed by atoms with Crippen molar-refractivity contribution < 1.29 is 14.7 Å². The summed E-state index contributed by atoms with van der Waals surface area (Å²) in [5.41, 5.74) is 0.683. The monoisotopic (exact) mass is 277 g/mol. The average Bonchev–Trinajstić information content (AvgIpc) is 3.11. The molecule has 2 aliphatic rings. The van der Waals surface area contributed by atoms with Gasteiger partial charge in [-0.1, -0.05) is 0 Å². The van der Waals surface area contributed by atoms with Crippen LogP contribution < -0.4 is 0 Å². The summed E-state index contributed by atoms with van der Waals surface area (Å²) < 4.78 is 0. The Morgan fingerprint density at radius 2 is 2.26 bits per heavy atom. The van der Waals surface area contributed by atoms with E-state index in [-0.39, 0.29) is 5.91 Å². The molecular weight excluding hydrogens is 262 g/mol. The van der Waals surface area contributed by atoms with Crippen LogP contribution in [0.1, 0.15) is 34.5 Å². The summed E-state index contributed by atoms with van der Waals surface area (Å²) in [4.78, 5) is 25.6. The molecule has 3 rings (SSSR count). The lowest BCUT2D eigenvalue weighted by Crippen LogP contribution is -2.37. The third-order valence-electron chi connectivity index (χ3n) is 3.93. The maximum absolute atomic E-state index is 12.4. The minimum Gasteiger partial charge on any atom is -0.478 e. The average molecular weight is 277 g/mol. The summed E-state index contributed by atoms with van der Waals surface area (Å²) >= 11 is 1.40. The molecule has 1 aromatic heterocycles. The van der Waals surface area contributed by atoms with Gasteiger partial charge in [0.25, 0.3) is 5.91 Å². The molecule has 1 aliphatic carbocycles. The molecule has 1 aliphatic heterocycles. The van der Waals surface area contributed by atoms with Gasteiger partial charge in [-0.2, -0.15) is 0 Å². The SMILES string of the molecule is O=C(O)C=Cc1cc(C(=O)N2CC3CCC2C3)cs1. The van der Waals surface area contributed by atoms with Crippen LogP contribution in [0.25, 0.3) is 6.08 Å². The summed E-state index contributed by atoms with van der Waals surface area (Å²) in [6, 6.07) is 2.20. The van der Waals surface area contributed by atoms with Crippen molar-refractivity contribution in [3.05, 3.63) is 28.0 Å². The number of nitrogens with zero attached hydrogens (tertiary/aromatic N) is 1. The molecule has 5 heteroatoms. The van der Waals surface area contributed by atoms with E-state index in [0.29, 0.717) is 17.5 Å². The number of aliphatic carboxylic acids is 1. The van der Waals surface area contributed by atoms with Gasteiger partial charge < -0.3 is 10.0 Å². The lowest BCUT2D eigenvalue weighted by Gasteiger charge is -2.26. The molecule has 2 unspecified atom stereocenters. The zero-order valence-corrected chi connectivity index (χ0v) is 11.2. The van der Waals surface area contributed by atoms with Crippen LogP contribution in [0.4, 0.5) is 0 Å². The van der Waals surface area contributed by atoms with E-state index in [4.69, 9.17) is 5.11 Å². The molecule has 2 bridgehead atoms. The standard InChI is InChI=1S/C14H15NO3S/c16-13(17)4-3-12-6-10(8-19-12)14(18)15-7-9-1-2-11(15)5-9/h3-4,6,8-9,11H,1-2,5,7H2,(H,16,17). The minimum atomic E-state index is -0.974. The molecule has 0 radical (unpaired) electrons. The lowest BCUT2D eigenvalue weighted by atomic mass is 10.1. The Hall–Kier alpha value is -1.62. The first-order chi connectivity index (χ1) is 9.13. The van der Waals surface area contributed by atoms with Crippen molar-refractivity contribution in [1.29, 1.82) is 0 Å². The topological polar surface area (TPSA) is 57.6 Å². The zero-order valence-electron chi connectivity index (χ0n) is 10.4. The van der Waals surface area contributed by atoms with E-state index in [1.165, 1.54) is 23.8 Å². The normalized spacial score (nSPS) is 25.4. The second-order valence-electron chi connectivity index (χ2n) is 5.20. The van der Waals surface area contributed by atoms with E-state index in [0.717, 1.165) is 30.3 Å². The van der Waals surface area contributed by atoms with E-state index in [9.17, 15) is 9.59 Å². The van der Waals surface area contributed by atoms with E-state index >= 15 is 0 Å². The largest absolute Gasteiger partial charge is 0.478 e. The maximum Gasteiger partial charge on any atom is 0.328 e. The van der Waals surface area contributed by atoms with Gasteiger partial charge in [-0.15, -0.1) is 11.3 Å². The Morgan fingerprint density at radius 3 is 2.89 bits per heavy atom. The predicted molar refractivity (Wildman–Crippen MR) is 73.2 cm³/mol. The van der Waals surface area contributed by atoms with Crippen LogP contribution in [-0.2, 0) is 4.79 Å². The van der Waals surface area contributed by atoms with Gasteiger partial charge in [0.1, 0.15) is 0 Å². The fourth-order valence-corrected chi connectivity index (χ4v) is 3.82. The number of rotatable bonds is 3. The van der Waals surface area contributed by atoms with E-state index < -0.39 is 5.97 Å². The lowest BCUT2D eigenvalue weighted by molar-refractivity contribution is -0.131. The van der Waals surface area contributed by atoms with Crippen LogP contribution in [0.15, 0.2) is 17.5 Å². The van der Waals surface area contributed by atoms with Crippen molar-refractivity contribution in [2.75, 3.05) is 6.54 Å². The van der Waals surface area contributed by atoms with E-state index in [1.807, 2.05) is 10.3 Å². The Labute approximate surface area is 115 Å². The number of carboxylic acid groups (broad SMARTS) is 1. The van der Waals surface area contributed by atoms with Crippen LogP contribution in [0, 0.1) is 5.92 Å². The number of hydrogen-bond acceptors (Lipinski definition) is 3. The number of thiophene rings is 1. The van der Waals surface area contributed by atoms with E-state index in [2.05, 4.69) is 0 Å². The number of carboxylic acids is 1. The van der Waals surface area contributed by atoms with Gasteiger partial charge in [0.15, 0.2) is 0 Å². The second kappa shape index (κ2) is 4.81. The molecule has 0 spiro atoms. The molecular formula is C14H15NO3S. The van der Waals surface area contributed by atoms with Gasteiger partial charge in [0.05, 0.1) is 5.56 Å². The molecule has 2 heterocycles. The number of fused-ring (bicyclic) bond motifs is 2. The Morgan fingerprint density at radius 1 is 1.42 bits per heavy atom. The zero-order chi connectivity index (χ0) is 13.4. The van der Waals surface area contributed by atoms with Crippen molar-refractivity contribution in [2.24, 2.45) is 5.92 Å². The number of amides is 1.